The number of ether oxygens (including phenoxy) is 1. The molecule has 9 heteroatoms. The van der Waals surface area contributed by atoms with Crippen LogP contribution in [0, 0.1) is 10.1 Å². The van der Waals surface area contributed by atoms with E-state index in [2.05, 4.69) is 4.74 Å². The Morgan fingerprint density at radius 2 is 2.22 bits per heavy atom. The molecule has 0 saturated carbocycles. The molecule has 1 heterocycles. The molecule has 0 aliphatic rings. The van der Waals surface area contributed by atoms with Crippen molar-refractivity contribution < 1.29 is 24.7 Å². The summed E-state index contributed by atoms with van der Waals surface area (Å²) >= 11 is 0. The van der Waals surface area contributed by atoms with Crippen LogP contribution >= 0.6 is 0 Å². The van der Waals surface area contributed by atoms with Gasteiger partial charge in [-0.05, 0) is 0 Å². The van der Waals surface area contributed by atoms with Gasteiger partial charge < -0.3 is 14.9 Å². The maximum Gasteiger partial charge on any atom is 0.375 e. The normalized spacial score (nSPS) is 10.1. The Morgan fingerprint density at radius 1 is 1.61 bits per heavy atom. The topological polar surface area (TPSA) is 132 Å². The minimum atomic E-state index is -1.36. The molecule has 9 nitrogen and oxygen atoms in total. The summed E-state index contributed by atoms with van der Waals surface area (Å²) in [5.41, 5.74) is -2.08. The number of methoxy groups -OCH3 is 1. The fourth-order valence-electron chi connectivity index (χ4n) is 1.42. The smallest absolute Gasteiger partial charge is 0.375 e. The van der Waals surface area contributed by atoms with Crippen LogP contribution in [0.5, 0.6) is 5.75 Å². The molecular formula is C9H10N2O7. The van der Waals surface area contributed by atoms with Crippen LogP contribution in [0.1, 0.15) is 5.69 Å². The highest BCUT2D eigenvalue weighted by molar-refractivity contribution is 5.67. The first-order valence-electron chi connectivity index (χ1n) is 4.70. The molecule has 0 bridgehead atoms. The molecule has 2 N–H and O–H groups in total. The Labute approximate surface area is 100.0 Å². The number of aliphatic hydroxyl groups is 1. The largest absolute Gasteiger partial charge is 0.490 e. The van der Waals surface area contributed by atoms with Crippen LogP contribution in [0.4, 0.5) is 5.69 Å². The van der Waals surface area contributed by atoms with Gasteiger partial charge in [-0.1, -0.05) is 0 Å². The average molecular weight is 258 g/mol. The summed E-state index contributed by atoms with van der Waals surface area (Å²) in [5, 5.41) is 28.4. The average Bonchev–Trinajstić information content (AvgIpc) is 2.30. The number of hydrogen-bond acceptors (Lipinski definition) is 6. The minimum absolute atomic E-state index is 0.0788. The molecule has 0 aliphatic heterocycles. The predicted octanol–water partition coefficient (Wildman–Crippen LogP) is -0.658. The van der Waals surface area contributed by atoms with E-state index in [1.807, 2.05) is 0 Å². The standard InChI is InChI=1S/C9H10N2O7/c1-18-6-2-5(4-12)10(3-7(13)14)9(15)8(6)11(16)17/h2,12H,3-4H2,1H3,(H,13,14). The Balaban J connectivity index is 3.60. The van der Waals surface area contributed by atoms with Gasteiger partial charge in [0.1, 0.15) is 6.54 Å². The zero-order chi connectivity index (χ0) is 13.9. The summed E-state index contributed by atoms with van der Waals surface area (Å²) in [5.74, 6) is -1.68. The van der Waals surface area contributed by atoms with Crippen LogP contribution in [-0.2, 0) is 17.9 Å². The Kier molecular flexibility index (Phi) is 4.00. The first-order chi connectivity index (χ1) is 8.42. The van der Waals surface area contributed by atoms with Crippen molar-refractivity contribution in [3.63, 3.8) is 0 Å². The van der Waals surface area contributed by atoms with E-state index < -0.39 is 35.3 Å². The number of nitro groups is 1. The summed E-state index contributed by atoms with van der Waals surface area (Å²) in [6, 6.07) is 1.06. The lowest BCUT2D eigenvalue weighted by atomic mass is 10.3. The van der Waals surface area contributed by atoms with E-state index in [4.69, 9.17) is 10.2 Å². The van der Waals surface area contributed by atoms with Gasteiger partial charge in [-0.25, -0.2) is 0 Å². The molecule has 0 spiro atoms. The van der Waals surface area contributed by atoms with E-state index in [9.17, 15) is 19.7 Å². The number of carboxylic acids is 1. The number of pyridine rings is 1. The van der Waals surface area contributed by atoms with Gasteiger partial charge in [-0.3, -0.25) is 24.3 Å². The fraction of sp³-hybridized carbons (Fsp3) is 0.333. The third-order valence-electron chi connectivity index (χ3n) is 2.18. The molecule has 0 unspecified atom stereocenters. The second-order valence-electron chi connectivity index (χ2n) is 3.25. The fourth-order valence-corrected chi connectivity index (χ4v) is 1.42. The van der Waals surface area contributed by atoms with E-state index in [-0.39, 0.29) is 11.4 Å². The summed E-state index contributed by atoms with van der Waals surface area (Å²) in [7, 11) is 1.13. The van der Waals surface area contributed by atoms with Crippen LogP contribution in [0.25, 0.3) is 0 Å². The lowest BCUT2D eigenvalue weighted by molar-refractivity contribution is -0.387. The Hall–Kier alpha value is -2.42. The zero-order valence-electron chi connectivity index (χ0n) is 9.32. The molecule has 0 saturated heterocycles. The van der Waals surface area contributed by atoms with Crippen LogP contribution < -0.4 is 10.3 Å². The summed E-state index contributed by atoms with van der Waals surface area (Å²) in [4.78, 5) is 32.1. The number of aromatic nitrogens is 1. The minimum Gasteiger partial charge on any atom is -0.490 e. The number of hydrogen-bond donors (Lipinski definition) is 2. The van der Waals surface area contributed by atoms with E-state index in [0.29, 0.717) is 4.57 Å². The van der Waals surface area contributed by atoms with Crippen molar-refractivity contribution in [3.05, 3.63) is 32.2 Å². The molecule has 0 aliphatic carbocycles. The van der Waals surface area contributed by atoms with E-state index in [1.54, 1.807) is 0 Å². The van der Waals surface area contributed by atoms with E-state index in [0.717, 1.165) is 13.2 Å². The number of carboxylic acid groups (broad SMARTS) is 1. The lowest BCUT2D eigenvalue weighted by Gasteiger charge is -2.10. The first kappa shape index (κ1) is 13.6. The highest BCUT2D eigenvalue weighted by atomic mass is 16.6. The van der Waals surface area contributed by atoms with Crippen LogP contribution in [0.15, 0.2) is 10.9 Å². The van der Waals surface area contributed by atoms with Crippen molar-refractivity contribution in [2.24, 2.45) is 0 Å². The van der Waals surface area contributed by atoms with Gasteiger partial charge in [0.2, 0.25) is 5.75 Å². The van der Waals surface area contributed by atoms with Gasteiger partial charge in [0.15, 0.2) is 0 Å². The third kappa shape index (κ3) is 2.46. The van der Waals surface area contributed by atoms with Gasteiger partial charge >= 0.3 is 17.2 Å². The number of carbonyl (C=O) groups is 1. The van der Waals surface area contributed by atoms with E-state index >= 15 is 0 Å². The zero-order valence-corrected chi connectivity index (χ0v) is 9.32. The summed E-state index contributed by atoms with van der Waals surface area (Å²) in [6.07, 6.45) is 0. The maximum absolute atomic E-state index is 11.8. The van der Waals surface area contributed by atoms with Crippen LogP contribution in [-0.4, -0.2) is 32.8 Å². The van der Waals surface area contributed by atoms with Crippen molar-refractivity contribution in [1.29, 1.82) is 0 Å². The predicted molar refractivity (Wildman–Crippen MR) is 57.5 cm³/mol. The molecule has 1 aromatic rings. The Bertz CT molecular complexity index is 549. The van der Waals surface area contributed by atoms with Crippen LogP contribution in [0.2, 0.25) is 0 Å². The monoisotopic (exact) mass is 258 g/mol. The van der Waals surface area contributed by atoms with Gasteiger partial charge in [0.25, 0.3) is 0 Å². The van der Waals surface area contributed by atoms with Gasteiger partial charge in [-0.2, -0.15) is 0 Å². The second kappa shape index (κ2) is 5.27. The Morgan fingerprint density at radius 3 is 2.61 bits per heavy atom. The molecule has 0 amide bonds. The van der Waals surface area contributed by atoms with Crippen molar-refractivity contribution in [2.75, 3.05) is 7.11 Å². The quantitative estimate of drug-likeness (QED) is 0.529. The molecule has 0 radical (unpaired) electrons. The lowest BCUT2D eigenvalue weighted by Crippen LogP contribution is -2.29. The SMILES string of the molecule is COc1cc(CO)n(CC(=O)O)c(=O)c1[N+](=O)[O-]. The van der Waals surface area contributed by atoms with Gasteiger partial charge in [0.05, 0.1) is 24.3 Å². The van der Waals surface area contributed by atoms with Crippen molar-refractivity contribution in [3.8, 4) is 5.75 Å². The van der Waals surface area contributed by atoms with Gasteiger partial charge in [-0.15, -0.1) is 0 Å². The molecule has 0 atom stereocenters. The summed E-state index contributed by atoms with van der Waals surface area (Å²) in [6.45, 7) is -1.42. The number of nitrogens with zero attached hydrogens (tertiary/aromatic N) is 2. The second-order valence-corrected chi connectivity index (χ2v) is 3.25. The molecule has 0 fully saturated rings. The van der Waals surface area contributed by atoms with Crippen molar-refractivity contribution in [2.45, 2.75) is 13.2 Å². The van der Waals surface area contributed by atoms with Crippen molar-refractivity contribution in [1.82, 2.24) is 4.57 Å². The maximum atomic E-state index is 11.8. The molecular weight excluding hydrogens is 248 g/mol. The van der Waals surface area contributed by atoms with Gasteiger partial charge in [0, 0.05) is 6.07 Å². The summed E-state index contributed by atoms with van der Waals surface area (Å²) < 4.78 is 5.29. The molecule has 1 aromatic heterocycles. The molecule has 1 rings (SSSR count). The van der Waals surface area contributed by atoms with Crippen LogP contribution in [0.3, 0.4) is 0 Å². The highest BCUT2D eigenvalue weighted by Gasteiger charge is 2.25. The molecule has 0 aromatic carbocycles. The molecule has 18 heavy (non-hydrogen) atoms. The van der Waals surface area contributed by atoms with E-state index in [1.165, 1.54) is 0 Å². The first-order valence-corrected chi connectivity index (χ1v) is 4.70. The van der Waals surface area contributed by atoms with Crippen molar-refractivity contribution >= 4 is 11.7 Å². The third-order valence-corrected chi connectivity index (χ3v) is 2.18. The highest BCUT2D eigenvalue weighted by Crippen LogP contribution is 2.23. The number of aliphatic carboxylic acids is 1. The molecule has 98 valence electrons. The number of rotatable bonds is 5. The number of aliphatic hydroxyl groups excluding tert-OH is 1.